The highest BCUT2D eigenvalue weighted by molar-refractivity contribution is 8.00. The fourth-order valence-corrected chi connectivity index (χ4v) is 2.87. The number of carbonyl (C=O) groups is 1. The zero-order chi connectivity index (χ0) is 15.4. The quantitative estimate of drug-likeness (QED) is 0.664. The van der Waals surface area contributed by atoms with E-state index < -0.39 is 0 Å². The number of anilines is 2. The molecular weight excluding hydrogens is 280 g/mol. The van der Waals surface area contributed by atoms with E-state index >= 15 is 0 Å². The van der Waals surface area contributed by atoms with Crippen molar-refractivity contribution in [3.63, 3.8) is 0 Å². The first-order valence-electron chi connectivity index (χ1n) is 6.82. The van der Waals surface area contributed by atoms with Gasteiger partial charge in [0.1, 0.15) is 0 Å². The van der Waals surface area contributed by atoms with Crippen LogP contribution in [-0.4, -0.2) is 11.7 Å². The number of benzene rings is 2. The molecule has 3 nitrogen and oxygen atoms in total. The summed E-state index contributed by atoms with van der Waals surface area (Å²) in [6.07, 6.45) is 0. The Bertz CT molecular complexity index is 668. The molecule has 0 bridgehead atoms. The van der Waals surface area contributed by atoms with Crippen LogP contribution in [0.2, 0.25) is 0 Å². The van der Waals surface area contributed by atoms with Crippen molar-refractivity contribution in [3.8, 4) is 0 Å². The van der Waals surface area contributed by atoms with Crippen molar-refractivity contribution >= 4 is 29.0 Å². The van der Waals surface area contributed by atoms with Crippen LogP contribution in [0.3, 0.4) is 0 Å². The molecule has 4 heteroatoms. The summed E-state index contributed by atoms with van der Waals surface area (Å²) in [4.78, 5) is 13.2. The summed E-state index contributed by atoms with van der Waals surface area (Å²) in [6, 6.07) is 11.8. The summed E-state index contributed by atoms with van der Waals surface area (Å²) in [6.45, 7) is 6.08. The summed E-state index contributed by atoms with van der Waals surface area (Å²) < 4.78 is 0. The highest BCUT2D eigenvalue weighted by Crippen LogP contribution is 2.24. The van der Waals surface area contributed by atoms with Crippen molar-refractivity contribution in [2.45, 2.75) is 25.7 Å². The van der Waals surface area contributed by atoms with E-state index in [-0.39, 0.29) is 5.91 Å². The molecule has 110 valence electrons. The number of amides is 1. The number of hydrogen-bond acceptors (Lipinski definition) is 3. The molecule has 0 saturated heterocycles. The Hall–Kier alpha value is -1.94. The van der Waals surface area contributed by atoms with Crippen LogP contribution >= 0.6 is 11.8 Å². The molecule has 1 amide bonds. The predicted molar refractivity (Wildman–Crippen MR) is 90.9 cm³/mol. The van der Waals surface area contributed by atoms with Gasteiger partial charge in [-0.1, -0.05) is 23.8 Å². The SMILES string of the molecule is Cc1ccc(SCC(=O)Nc2cc(N)ccc2C)c(C)c1. The Balaban J connectivity index is 1.97. The van der Waals surface area contributed by atoms with Gasteiger partial charge < -0.3 is 11.1 Å². The lowest BCUT2D eigenvalue weighted by Gasteiger charge is -2.10. The molecule has 0 saturated carbocycles. The molecule has 2 aromatic rings. The maximum atomic E-state index is 12.1. The first kappa shape index (κ1) is 15.4. The lowest BCUT2D eigenvalue weighted by molar-refractivity contribution is -0.113. The molecule has 3 N–H and O–H groups in total. The molecular formula is C17H20N2OS. The van der Waals surface area contributed by atoms with Gasteiger partial charge in [0.25, 0.3) is 0 Å². The highest BCUT2D eigenvalue weighted by atomic mass is 32.2. The molecule has 0 heterocycles. The Morgan fingerprint density at radius 1 is 1.10 bits per heavy atom. The molecule has 0 aliphatic carbocycles. The number of nitrogens with two attached hydrogens (primary N) is 1. The molecule has 0 fully saturated rings. The molecule has 2 aromatic carbocycles. The van der Waals surface area contributed by atoms with Crippen molar-refractivity contribution in [2.75, 3.05) is 16.8 Å². The van der Waals surface area contributed by atoms with Gasteiger partial charge in [-0.25, -0.2) is 0 Å². The van der Waals surface area contributed by atoms with Crippen LogP contribution in [0.1, 0.15) is 16.7 Å². The van der Waals surface area contributed by atoms with Gasteiger partial charge >= 0.3 is 0 Å². The van der Waals surface area contributed by atoms with Gasteiger partial charge in [-0.2, -0.15) is 0 Å². The third kappa shape index (κ3) is 4.26. The van der Waals surface area contributed by atoms with E-state index in [1.807, 2.05) is 19.1 Å². The fraction of sp³-hybridized carbons (Fsp3) is 0.235. The van der Waals surface area contributed by atoms with E-state index in [1.54, 1.807) is 17.8 Å². The smallest absolute Gasteiger partial charge is 0.234 e. The molecule has 0 aliphatic heterocycles. The predicted octanol–water partition coefficient (Wildman–Crippen LogP) is 3.92. The Kier molecular flexibility index (Phi) is 4.91. The van der Waals surface area contributed by atoms with Crippen molar-refractivity contribution in [3.05, 3.63) is 53.1 Å². The Morgan fingerprint density at radius 3 is 2.57 bits per heavy atom. The van der Waals surface area contributed by atoms with Crippen molar-refractivity contribution in [1.29, 1.82) is 0 Å². The number of rotatable bonds is 4. The minimum Gasteiger partial charge on any atom is -0.399 e. The van der Waals surface area contributed by atoms with Gasteiger partial charge in [-0.15, -0.1) is 11.8 Å². The topological polar surface area (TPSA) is 55.1 Å². The molecule has 0 spiro atoms. The number of hydrogen-bond donors (Lipinski definition) is 2. The number of carbonyl (C=O) groups excluding carboxylic acids is 1. The number of nitrogen functional groups attached to an aromatic ring is 1. The van der Waals surface area contributed by atoms with E-state index in [2.05, 4.69) is 37.4 Å². The van der Waals surface area contributed by atoms with Gasteiger partial charge in [0.15, 0.2) is 0 Å². The van der Waals surface area contributed by atoms with Crippen molar-refractivity contribution in [1.82, 2.24) is 0 Å². The van der Waals surface area contributed by atoms with E-state index in [1.165, 1.54) is 11.1 Å². The van der Waals surface area contributed by atoms with E-state index in [0.29, 0.717) is 11.4 Å². The Labute approximate surface area is 129 Å². The third-order valence-electron chi connectivity index (χ3n) is 3.22. The van der Waals surface area contributed by atoms with Crippen LogP contribution in [0.25, 0.3) is 0 Å². The van der Waals surface area contributed by atoms with Gasteiger partial charge in [0.2, 0.25) is 5.91 Å². The number of aryl methyl sites for hydroxylation is 3. The van der Waals surface area contributed by atoms with Crippen LogP contribution in [0.15, 0.2) is 41.3 Å². The largest absolute Gasteiger partial charge is 0.399 e. The number of thioether (sulfide) groups is 1. The first-order chi connectivity index (χ1) is 9.95. The monoisotopic (exact) mass is 300 g/mol. The summed E-state index contributed by atoms with van der Waals surface area (Å²) in [5.41, 5.74) is 10.6. The zero-order valence-electron chi connectivity index (χ0n) is 12.6. The van der Waals surface area contributed by atoms with Crippen molar-refractivity contribution in [2.24, 2.45) is 0 Å². The highest BCUT2D eigenvalue weighted by Gasteiger charge is 2.07. The van der Waals surface area contributed by atoms with Gasteiger partial charge in [0, 0.05) is 16.3 Å². The minimum absolute atomic E-state index is 0.0197. The first-order valence-corrected chi connectivity index (χ1v) is 7.80. The average molecular weight is 300 g/mol. The third-order valence-corrected chi connectivity index (χ3v) is 4.40. The molecule has 2 rings (SSSR count). The lowest BCUT2D eigenvalue weighted by Crippen LogP contribution is -2.15. The fourth-order valence-electron chi connectivity index (χ4n) is 2.07. The standard InChI is InChI=1S/C17H20N2OS/c1-11-4-7-16(13(3)8-11)21-10-17(20)19-15-9-14(18)6-5-12(15)2/h4-9H,10,18H2,1-3H3,(H,19,20). The lowest BCUT2D eigenvalue weighted by atomic mass is 10.2. The molecule has 0 aliphatic rings. The van der Waals surface area contributed by atoms with Crippen LogP contribution in [0.4, 0.5) is 11.4 Å². The molecule has 0 aromatic heterocycles. The molecule has 0 radical (unpaired) electrons. The van der Waals surface area contributed by atoms with Crippen LogP contribution in [-0.2, 0) is 4.79 Å². The molecule has 0 atom stereocenters. The van der Waals surface area contributed by atoms with Gasteiger partial charge in [-0.3, -0.25) is 4.79 Å². The zero-order valence-corrected chi connectivity index (χ0v) is 13.4. The summed E-state index contributed by atoms with van der Waals surface area (Å²) in [5, 5.41) is 2.91. The Morgan fingerprint density at radius 2 is 1.86 bits per heavy atom. The van der Waals surface area contributed by atoms with Crippen LogP contribution < -0.4 is 11.1 Å². The molecule has 0 unspecified atom stereocenters. The summed E-state index contributed by atoms with van der Waals surface area (Å²) >= 11 is 1.55. The van der Waals surface area contributed by atoms with E-state index in [9.17, 15) is 4.79 Å². The van der Waals surface area contributed by atoms with Crippen LogP contribution in [0, 0.1) is 20.8 Å². The van der Waals surface area contributed by atoms with Gasteiger partial charge in [0.05, 0.1) is 5.75 Å². The summed E-state index contributed by atoms with van der Waals surface area (Å²) in [7, 11) is 0. The second kappa shape index (κ2) is 6.68. The molecule has 21 heavy (non-hydrogen) atoms. The minimum atomic E-state index is -0.0197. The number of nitrogens with one attached hydrogen (secondary N) is 1. The second-order valence-corrected chi connectivity index (χ2v) is 6.20. The normalized spacial score (nSPS) is 10.4. The average Bonchev–Trinajstić information content (AvgIpc) is 2.42. The second-order valence-electron chi connectivity index (χ2n) is 5.18. The van der Waals surface area contributed by atoms with E-state index in [0.717, 1.165) is 16.1 Å². The van der Waals surface area contributed by atoms with Crippen LogP contribution in [0.5, 0.6) is 0 Å². The van der Waals surface area contributed by atoms with Crippen molar-refractivity contribution < 1.29 is 4.79 Å². The maximum Gasteiger partial charge on any atom is 0.234 e. The van der Waals surface area contributed by atoms with Gasteiger partial charge in [-0.05, 0) is 50.1 Å². The van der Waals surface area contributed by atoms with E-state index in [4.69, 9.17) is 5.73 Å². The summed E-state index contributed by atoms with van der Waals surface area (Å²) in [5.74, 6) is 0.367. The maximum absolute atomic E-state index is 12.1.